The van der Waals surface area contributed by atoms with E-state index >= 15 is 0 Å². The molecule has 0 aliphatic carbocycles. The lowest BCUT2D eigenvalue weighted by atomic mass is 10.3. The number of amides is 1. The van der Waals surface area contributed by atoms with E-state index in [9.17, 15) is 4.79 Å². The zero-order valence-corrected chi connectivity index (χ0v) is 5.64. The van der Waals surface area contributed by atoms with Gasteiger partial charge in [0.2, 0.25) is 0 Å². The summed E-state index contributed by atoms with van der Waals surface area (Å²) in [6.45, 7) is 0. The van der Waals surface area contributed by atoms with Gasteiger partial charge in [-0.15, -0.1) is 0 Å². The van der Waals surface area contributed by atoms with Gasteiger partial charge in [-0.3, -0.25) is 4.79 Å². The van der Waals surface area contributed by atoms with Crippen molar-refractivity contribution in [1.82, 2.24) is 4.98 Å². The molecule has 0 atom stereocenters. The smallest absolute Gasteiger partial charge is 0.267 e. The van der Waals surface area contributed by atoms with E-state index in [4.69, 9.17) is 20.1 Å². The van der Waals surface area contributed by atoms with Gasteiger partial charge in [-0.2, -0.15) is 0 Å². The summed E-state index contributed by atoms with van der Waals surface area (Å²) in [5, 5.41) is -0.184. The maximum atomic E-state index is 10.6. The van der Waals surface area contributed by atoms with Gasteiger partial charge in [-0.25, -0.2) is 4.98 Å². The Morgan fingerprint density at radius 1 is 1.90 bits per heavy atom. The zero-order valence-electron chi connectivity index (χ0n) is 6.89. The Balaban J connectivity index is 3.31. The van der Waals surface area contributed by atoms with E-state index in [0.717, 1.165) is 6.07 Å². The van der Waals surface area contributed by atoms with Crippen LogP contribution >= 0.6 is 11.6 Å². The predicted octanol–water partition coefficient (Wildman–Crippen LogP) is 0.834. The summed E-state index contributed by atoms with van der Waals surface area (Å²) < 4.78 is 14.3. The number of carbonyl (C=O) groups excluding carboxylic acids is 1. The highest BCUT2D eigenvalue weighted by molar-refractivity contribution is 6.29. The molecule has 0 aliphatic rings. The highest BCUT2D eigenvalue weighted by Crippen LogP contribution is 2.03. The van der Waals surface area contributed by atoms with Gasteiger partial charge >= 0.3 is 0 Å². The number of rotatable bonds is 1. The molecule has 0 radical (unpaired) electrons. The van der Waals surface area contributed by atoms with Crippen molar-refractivity contribution in [2.75, 3.05) is 0 Å². The molecule has 1 aromatic rings. The second-order valence-corrected chi connectivity index (χ2v) is 1.92. The van der Waals surface area contributed by atoms with Crippen LogP contribution in [0.15, 0.2) is 18.2 Å². The van der Waals surface area contributed by atoms with Crippen LogP contribution in [-0.2, 0) is 0 Å². The summed E-state index contributed by atoms with van der Waals surface area (Å²) in [7, 11) is 0. The Hall–Kier alpha value is -1.09. The first kappa shape index (κ1) is 4.68. The van der Waals surface area contributed by atoms with Gasteiger partial charge in [-0.1, -0.05) is 17.6 Å². The van der Waals surface area contributed by atoms with Crippen molar-refractivity contribution < 1.29 is 7.54 Å². The highest BCUT2D eigenvalue weighted by atomic mass is 35.5. The number of carbonyl (C=O) groups is 1. The number of halogens is 1. The molecule has 0 spiro atoms. The number of nitrogens with two attached hydrogens (primary N) is 1. The molecule has 1 aromatic heterocycles. The summed E-state index contributed by atoms with van der Waals surface area (Å²) in [5.41, 5.74) is 4.80. The molecule has 0 unspecified atom stereocenters. The van der Waals surface area contributed by atoms with Crippen molar-refractivity contribution in [1.29, 1.82) is 0 Å². The minimum absolute atomic E-state index is 0.0963. The fourth-order valence-electron chi connectivity index (χ4n) is 0.456. The maximum absolute atomic E-state index is 10.6. The van der Waals surface area contributed by atoms with Gasteiger partial charge in [-0.05, 0) is 12.1 Å². The number of aromatic nitrogens is 1. The molecule has 1 rings (SSSR count). The molecule has 3 nitrogen and oxygen atoms in total. The predicted molar refractivity (Wildman–Crippen MR) is 37.8 cm³/mol. The molecular formula is C6H5ClN2O. The molecule has 0 saturated heterocycles. The minimum Gasteiger partial charge on any atom is -0.364 e. The Bertz CT molecular complexity index is 319. The standard InChI is InChI=1S/C6H5ClN2O/c7-5-3-1-2-4(9-5)6(8)10/h1-3H,(H2,8,10)/i1D,3D. The Labute approximate surface area is 65.6 Å². The van der Waals surface area contributed by atoms with Gasteiger partial charge in [0.25, 0.3) is 5.91 Å². The molecule has 0 saturated carbocycles. The summed E-state index contributed by atoms with van der Waals surface area (Å²) in [5.74, 6) is -0.759. The highest BCUT2D eigenvalue weighted by Gasteiger charge is 1.99. The quantitative estimate of drug-likeness (QED) is 0.616. The van der Waals surface area contributed by atoms with Gasteiger partial charge < -0.3 is 5.73 Å². The van der Waals surface area contributed by atoms with Crippen molar-refractivity contribution in [3.63, 3.8) is 0 Å². The van der Waals surface area contributed by atoms with Crippen LogP contribution in [-0.4, -0.2) is 10.9 Å². The van der Waals surface area contributed by atoms with E-state index in [1.54, 1.807) is 0 Å². The maximum Gasteiger partial charge on any atom is 0.267 e. The number of hydrogen-bond acceptors (Lipinski definition) is 2. The molecule has 4 heteroatoms. The van der Waals surface area contributed by atoms with E-state index in [2.05, 4.69) is 4.98 Å². The van der Waals surface area contributed by atoms with E-state index in [-0.39, 0.29) is 22.9 Å². The fourth-order valence-corrected chi connectivity index (χ4v) is 0.602. The van der Waals surface area contributed by atoms with Gasteiger partial charge in [0.1, 0.15) is 10.8 Å². The van der Waals surface area contributed by atoms with Crippen LogP contribution in [0.2, 0.25) is 5.15 Å². The van der Waals surface area contributed by atoms with E-state index in [1.165, 1.54) is 0 Å². The van der Waals surface area contributed by atoms with Crippen molar-refractivity contribution in [2.24, 2.45) is 5.73 Å². The van der Waals surface area contributed by atoms with Crippen molar-refractivity contribution in [3.8, 4) is 0 Å². The number of pyridine rings is 1. The Morgan fingerprint density at radius 3 is 3.10 bits per heavy atom. The van der Waals surface area contributed by atoms with E-state index < -0.39 is 5.91 Å². The molecule has 10 heavy (non-hydrogen) atoms. The van der Waals surface area contributed by atoms with Gasteiger partial charge in [0.05, 0.1) is 2.74 Å². The SMILES string of the molecule is [2H]c1cc(C(N)=O)nc(Cl)c1[2H]. The third-order valence-corrected chi connectivity index (χ3v) is 1.03. The van der Waals surface area contributed by atoms with Crippen LogP contribution in [0, 0.1) is 0 Å². The van der Waals surface area contributed by atoms with Gasteiger partial charge in [0, 0.05) is 0 Å². The Morgan fingerprint density at radius 2 is 2.60 bits per heavy atom. The normalized spacial score (nSPS) is 12.1. The molecule has 0 aromatic carbocycles. The summed E-state index contributed by atoms with van der Waals surface area (Å²) >= 11 is 5.44. The number of nitrogens with zero attached hydrogens (tertiary/aromatic N) is 1. The van der Waals surface area contributed by atoms with Crippen LogP contribution in [0.1, 0.15) is 13.2 Å². The number of hydrogen-bond donors (Lipinski definition) is 1. The van der Waals surface area contributed by atoms with Gasteiger partial charge in [0.15, 0.2) is 0 Å². The topological polar surface area (TPSA) is 56.0 Å². The zero-order chi connectivity index (χ0) is 9.30. The number of primary amides is 1. The average Bonchev–Trinajstić information content (AvgIpc) is 1.99. The van der Waals surface area contributed by atoms with Crippen molar-refractivity contribution >= 4 is 17.5 Å². The molecule has 1 heterocycles. The second kappa shape index (κ2) is 2.66. The van der Waals surface area contributed by atoms with Crippen LogP contribution in [0.25, 0.3) is 0 Å². The lowest BCUT2D eigenvalue weighted by Gasteiger charge is -1.92. The van der Waals surface area contributed by atoms with E-state index in [1.807, 2.05) is 0 Å². The van der Waals surface area contributed by atoms with Crippen molar-refractivity contribution in [2.45, 2.75) is 0 Å². The molecule has 52 valence electrons. The van der Waals surface area contributed by atoms with E-state index in [0.29, 0.717) is 0 Å². The van der Waals surface area contributed by atoms with Crippen LogP contribution in [0.4, 0.5) is 0 Å². The molecule has 0 bridgehead atoms. The van der Waals surface area contributed by atoms with Crippen LogP contribution < -0.4 is 5.73 Å². The largest absolute Gasteiger partial charge is 0.364 e. The molecule has 2 N–H and O–H groups in total. The first-order valence-corrected chi connectivity index (χ1v) is 2.83. The van der Waals surface area contributed by atoms with Crippen LogP contribution in [0.5, 0.6) is 0 Å². The average molecular weight is 159 g/mol. The summed E-state index contributed by atoms with van der Waals surface area (Å²) in [6.07, 6.45) is 0. The molecule has 0 fully saturated rings. The summed E-state index contributed by atoms with van der Waals surface area (Å²) in [4.78, 5) is 14.1. The molecular weight excluding hydrogens is 152 g/mol. The first-order valence-electron chi connectivity index (χ1n) is 3.46. The monoisotopic (exact) mass is 158 g/mol. The minimum atomic E-state index is -0.759. The molecule has 1 amide bonds. The lowest BCUT2D eigenvalue weighted by molar-refractivity contribution is 0.0995. The lowest BCUT2D eigenvalue weighted by Crippen LogP contribution is -2.12. The van der Waals surface area contributed by atoms with Crippen molar-refractivity contribution in [3.05, 3.63) is 29.0 Å². The summed E-state index contributed by atoms with van der Waals surface area (Å²) in [6, 6.07) is 0.738. The van der Waals surface area contributed by atoms with Crippen LogP contribution in [0.3, 0.4) is 0 Å². The first-order chi connectivity index (χ1) is 5.52. The third kappa shape index (κ3) is 1.45. The third-order valence-electron chi connectivity index (χ3n) is 0.855. The molecule has 0 aliphatic heterocycles. The second-order valence-electron chi connectivity index (χ2n) is 1.57. The fraction of sp³-hybridized carbons (Fsp3) is 0. The Kier molecular flexibility index (Phi) is 1.25.